The second kappa shape index (κ2) is 5.35. The van der Waals surface area contributed by atoms with E-state index in [-0.39, 0.29) is 12.1 Å². The van der Waals surface area contributed by atoms with E-state index in [0.29, 0.717) is 0 Å². The quantitative estimate of drug-likeness (QED) is 0.604. The molecule has 92 valence electrons. The number of nitrogens with one attached hydrogen (secondary N) is 1. The molecule has 0 aromatic heterocycles. The van der Waals surface area contributed by atoms with Crippen LogP contribution in [0.1, 0.15) is 17.3 Å². The SMILES string of the molecule is CC(O)CNC(=O)c1ccc(F)c([N+](=O)[O-])c1. The number of hydrogen-bond donors (Lipinski definition) is 2. The van der Waals surface area contributed by atoms with Crippen molar-refractivity contribution < 1.29 is 19.2 Å². The highest BCUT2D eigenvalue weighted by Gasteiger charge is 2.17. The predicted molar refractivity (Wildman–Crippen MR) is 57.1 cm³/mol. The smallest absolute Gasteiger partial charge is 0.305 e. The summed E-state index contributed by atoms with van der Waals surface area (Å²) in [5.74, 6) is -1.60. The summed E-state index contributed by atoms with van der Waals surface area (Å²) in [4.78, 5) is 21.0. The molecule has 1 atom stereocenters. The van der Waals surface area contributed by atoms with Crippen molar-refractivity contribution in [1.29, 1.82) is 0 Å². The van der Waals surface area contributed by atoms with Crippen molar-refractivity contribution in [1.82, 2.24) is 5.32 Å². The third-order valence-electron chi connectivity index (χ3n) is 1.96. The molecule has 0 saturated carbocycles. The molecule has 0 bridgehead atoms. The van der Waals surface area contributed by atoms with E-state index in [1.165, 1.54) is 6.92 Å². The normalized spacial score (nSPS) is 11.9. The third kappa shape index (κ3) is 3.49. The zero-order chi connectivity index (χ0) is 13.0. The van der Waals surface area contributed by atoms with Gasteiger partial charge in [-0.3, -0.25) is 14.9 Å². The fourth-order valence-electron chi connectivity index (χ4n) is 1.14. The number of carbonyl (C=O) groups is 1. The number of aliphatic hydroxyl groups is 1. The molecule has 1 unspecified atom stereocenters. The van der Waals surface area contributed by atoms with Gasteiger partial charge in [-0.05, 0) is 19.1 Å². The Labute approximate surface area is 96.2 Å². The number of benzene rings is 1. The molecule has 2 N–H and O–H groups in total. The van der Waals surface area contributed by atoms with E-state index in [1.54, 1.807) is 0 Å². The molecule has 0 fully saturated rings. The lowest BCUT2D eigenvalue weighted by Gasteiger charge is -2.06. The summed E-state index contributed by atoms with van der Waals surface area (Å²) in [6.45, 7) is 1.50. The summed E-state index contributed by atoms with van der Waals surface area (Å²) < 4.78 is 13.0. The van der Waals surface area contributed by atoms with Gasteiger partial charge in [0.1, 0.15) is 0 Å². The van der Waals surface area contributed by atoms with Crippen LogP contribution in [0.4, 0.5) is 10.1 Å². The number of nitro benzene ring substituents is 1. The maximum Gasteiger partial charge on any atom is 0.305 e. The fourth-order valence-corrected chi connectivity index (χ4v) is 1.14. The molecule has 0 heterocycles. The summed E-state index contributed by atoms with van der Waals surface area (Å²) in [6, 6.07) is 2.85. The van der Waals surface area contributed by atoms with Crippen LogP contribution in [-0.4, -0.2) is 28.6 Å². The van der Waals surface area contributed by atoms with Gasteiger partial charge in [-0.15, -0.1) is 0 Å². The van der Waals surface area contributed by atoms with Crippen molar-refractivity contribution >= 4 is 11.6 Å². The van der Waals surface area contributed by atoms with Crippen LogP contribution >= 0.6 is 0 Å². The van der Waals surface area contributed by atoms with Gasteiger partial charge in [0.15, 0.2) is 0 Å². The van der Waals surface area contributed by atoms with Gasteiger partial charge in [-0.2, -0.15) is 4.39 Å². The summed E-state index contributed by atoms with van der Waals surface area (Å²) >= 11 is 0. The van der Waals surface area contributed by atoms with Crippen molar-refractivity contribution in [2.45, 2.75) is 13.0 Å². The van der Waals surface area contributed by atoms with Gasteiger partial charge in [0, 0.05) is 18.2 Å². The minimum Gasteiger partial charge on any atom is -0.392 e. The average molecular weight is 242 g/mol. The first kappa shape index (κ1) is 13.0. The molecular formula is C10H11FN2O4. The highest BCUT2D eigenvalue weighted by atomic mass is 19.1. The highest BCUT2D eigenvalue weighted by Crippen LogP contribution is 2.18. The molecule has 0 aliphatic heterocycles. The van der Waals surface area contributed by atoms with Crippen molar-refractivity contribution in [3.63, 3.8) is 0 Å². The standard InChI is InChI=1S/C10H11FN2O4/c1-6(14)5-12-10(15)7-2-3-8(11)9(4-7)13(16)17/h2-4,6,14H,5H2,1H3,(H,12,15). The molecule has 1 aromatic rings. The third-order valence-corrected chi connectivity index (χ3v) is 1.96. The Morgan fingerprint density at radius 3 is 2.82 bits per heavy atom. The second-order valence-corrected chi connectivity index (χ2v) is 3.48. The molecule has 1 amide bonds. The van der Waals surface area contributed by atoms with Crippen LogP contribution in [0.2, 0.25) is 0 Å². The maximum absolute atomic E-state index is 13.0. The summed E-state index contributed by atoms with van der Waals surface area (Å²) in [6.07, 6.45) is -0.727. The Bertz CT molecular complexity index is 448. The zero-order valence-corrected chi connectivity index (χ0v) is 9.01. The molecule has 1 aromatic carbocycles. The van der Waals surface area contributed by atoms with Gasteiger partial charge in [-0.1, -0.05) is 0 Å². The number of hydrogen-bond acceptors (Lipinski definition) is 4. The van der Waals surface area contributed by atoms with E-state index in [9.17, 15) is 19.3 Å². The predicted octanol–water partition coefficient (Wildman–Crippen LogP) is 0.845. The molecule has 6 nitrogen and oxygen atoms in total. The molecule has 0 saturated heterocycles. The van der Waals surface area contributed by atoms with Gasteiger partial charge in [0.05, 0.1) is 11.0 Å². The maximum atomic E-state index is 13.0. The van der Waals surface area contributed by atoms with Crippen molar-refractivity contribution in [2.24, 2.45) is 0 Å². The molecule has 0 radical (unpaired) electrons. The summed E-state index contributed by atoms with van der Waals surface area (Å²) in [5.41, 5.74) is -0.784. The monoisotopic (exact) mass is 242 g/mol. The van der Waals surface area contributed by atoms with Crippen LogP contribution in [0.15, 0.2) is 18.2 Å². The Morgan fingerprint density at radius 1 is 1.65 bits per heavy atom. The van der Waals surface area contributed by atoms with Gasteiger partial charge in [0.25, 0.3) is 5.91 Å². The number of carbonyl (C=O) groups excluding carboxylic acids is 1. The summed E-state index contributed by atoms with van der Waals surface area (Å²) in [7, 11) is 0. The number of amides is 1. The molecule has 0 aliphatic carbocycles. The van der Waals surface area contributed by atoms with Gasteiger partial charge < -0.3 is 10.4 Å². The van der Waals surface area contributed by atoms with Gasteiger partial charge in [-0.25, -0.2) is 0 Å². The van der Waals surface area contributed by atoms with Crippen LogP contribution < -0.4 is 5.32 Å². The van der Waals surface area contributed by atoms with Gasteiger partial charge >= 0.3 is 5.69 Å². The van der Waals surface area contributed by atoms with Crippen LogP contribution in [0.3, 0.4) is 0 Å². The molecular weight excluding hydrogens is 231 g/mol. The van der Waals surface area contributed by atoms with E-state index in [1.807, 2.05) is 0 Å². The van der Waals surface area contributed by atoms with Crippen molar-refractivity contribution in [3.8, 4) is 0 Å². The number of rotatable bonds is 4. The van der Waals surface area contributed by atoms with E-state index < -0.39 is 28.4 Å². The Balaban J connectivity index is 2.88. The highest BCUT2D eigenvalue weighted by molar-refractivity contribution is 5.94. The molecule has 1 rings (SSSR count). The van der Waals surface area contributed by atoms with E-state index in [2.05, 4.69) is 5.32 Å². The van der Waals surface area contributed by atoms with Crippen LogP contribution in [0, 0.1) is 15.9 Å². The lowest BCUT2D eigenvalue weighted by molar-refractivity contribution is -0.387. The Morgan fingerprint density at radius 2 is 2.29 bits per heavy atom. The van der Waals surface area contributed by atoms with E-state index in [4.69, 9.17) is 5.11 Å². The topological polar surface area (TPSA) is 92.5 Å². The van der Waals surface area contributed by atoms with Crippen LogP contribution in [0.25, 0.3) is 0 Å². The number of aliphatic hydroxyl groups excluding tert-OH is 1. The first-order chi connectivity index (χ1) is 7.91. The zero-order valence-electron chi connectivity index (χ0n) is 9.01. The van der Waals surface area contributed by atoms with Crippen LogP contribution in [-0.2, 0) is 0 Å². The number of nitro groups is 1. The van der Waals surface area contributed by atoms with Crippen molar-refractivity contribution in [3.05, 3.63) is 39.7 Å². The molecule has 0 spiro atoms. The Hall–Kier alpha value is -2.02. The second-order valence-electron chi connectivity index (χ2n) is 3.48. The summed E-state index contributed by atoms with van der Waals surface area (Å²) in [5, 5.41) is 21.8. The largest absolute Gasteiger partial charge is 0.392 e. The van der Waals surface area contributed by atoms with Gasteiger partial charge in [0.2, 0.25) is 5.82 Å². The minimum absolute atomic E-state index is 0.0179. The number of halogens is 1. The minimum atomic E-state index is -0.998. The first-order valence-electron chi connectivity index (χ1n) is 4.82. The lowest BCUT2D eigenvalue weighted by Crippen LogP contribution is -2.30. The fraction of sp³-hybridized carbons (Fsp3) is 0.300. The molecule has 7 heteroatoms. The van der Waals surface area contributed by atoms with Crippen LogP contribution in [0.5, 0.6) is 0 Å². The lowest BCUT2D eigenvalue weighted by atomic mass is 10.2. The first-order valence-corrected chi connectivity index (χ1v) is 4.82. The molecule has 17 heavy (non-hydrogen) atoms. The molecule has 0 aliphatic rings. The van der Waals surface area contributed by atoms with Crippen molar-refractivity contribution in [2.75, 3.05) is 6.54 Å². The Kier molecular flexibility index (Phi) is 4.11. The number of nitrogens with zero attached hydrogens (tertiary/aromatic N) is 1. The van der Waals surface area contributed by atoms with E-state index in [0.717, 1.165) is 18.2 Å². The average Bonchev–Trinajstić information content (AvgIpc) is 2.26. The van der Waals surface area contributed by atoms with E-state index >= 15 is 0 Å².